The first-order chi connectivity index (χ1) is 2.89. The van der Waals surface area contributed by atoms with Crippen molar-refractivity contribution in [1.82, 2.24) is 0 Å². The van der Waals surface area contributed by atoms with Gasteiger partial charge < -0.3 is 0 Å². The predicted octanol–water partition coefficient (Wildman–Crippen LogP) is -1.35. The Morgan fingerprint density at radius 1 is 1.67 bits per heavy atom. The lowest BCUT2D eigenvalue weighted by molar-refractivity contribution is -0.750. The van der Waals surface area contributed by atoms with E-state index in [0.717, 1.165) is 5.01 Å². The van der Waals surface area contributed by atoms with Crippen molar-refractivity contribution in [2.24, 2.45) is 10.1 Å². The van der Waals surface area contributed by atoms with E-state index in [-0.39, 0.29) is 0 Å². The minimum Gasteiger partial charge on any atom is -0.295 e. The van der Waals surface area contributed by atoms with Gasteiger partial charge in [-0.15, -0.1) is 7.05 Å². The van der Waals surface area contributed by atoms with Crippen LogP contribution in [0.5, 0.6) is 0 Å². The third kappa shape index (κ3) is 0.440. The van der Waals surface area contributed by atoms with Crippen molar-refractivity contribution in [3.05, 3.63) is 7.05 Å². The zero-order valence-corrected chi connectivity index (χ0v) is 3.26. The smallest absolute Gasteiger partial charge is 0.189 e. The van der Waals surface area contributed by atoms with Gasteiger partial charge in [0, 0.05) is 0 Å². The highest BCUT2D eigenvalue weighted by Gasteiger charge is 1.86. The van der Waals surface area contributed by atoms with Gasteiger partial charge in [-0.1, -0.05) is 5.10 Å². The van der Waals surface area contributed by atoms with Crippen molar-refractivity contribution in [2.45, 2.75) is 0 Å². The Hall–Kier alpha value is -0.700. The molecule has 1 heterocycles. The fraction of sp³-hybridized carbons (Fsp3) is 0. The van der Waals surface area contributed by atoms with Gasteiger partial charge in [0.2, 0.25) is 0 Å². The SMILES string of the molecule is [CH2-][NH+]1C=NC=N1. The Bertz CT molecular complexity index is 82.2. The quantitative estimate of drug-likeness (QED) is 0.351. The van der Waals surface area contributed by atoms with Crippen molar-refractivity contribution in [3.63, 3.8) is 0 Å². The fourth-order valence-electron chi connectivity index (χ4n) is 0.260. The Kier molecular flexibility index (Phi) is 0.686. The Morgan fingerprint density at radius 2 is 2.50 bits per heavy atom. The summed E-state index contributed by atoms with van der Waals surface area (Å²) in [5.41, 5.74) is 0. The lowest BCUT2D eigenvalue weighted by Crippen LogP contribution is -2.99. The van der Waals surface area contributed by atoms with Gasteiger partial charge in [-0.25, -0.2) is 0 Å². The summed E-state index contributed by atoms with van der Waals surface area (Å²) in [5, 5.41) is 4.43. The molecule has 6 heavy (non-hydrogen) atoms. The van der Waals surface area contributed by atoms with Crippen molar-refractivity contribution in [1.29, 1.82) is 0 Å². The monoisotopic (exact) mass is 83.0 g/mol. The Morgan fingerprint density at radius 3 is 2.67 bits per heavy atom. The van der Waals surface area contributed by atoms with Gasteiger partial charge in [0.25, 0.3) is 0 Å². The molecule has 1 unspecified atom stereocenters. The molecule has 1 aliphatic rings. The summed E-state index contributed by atoms with van der Waals surface area (Å²) in [6, 6.07) is 0. The summed E-state index contributed by atoms with van der Waals surface area (Å²) < 4.78 is 0. The van der Waals surface area contributed by atoms with Gasteiger partial charge in [0.15, 0.2) is 12.7 Å². The van der Waals surface area contributed by atoms with E-state index < -0.39 is 0 Å². The molecule has 0 aromatic carbocycles. The second-order valence-electron chi connectivity index (χ2n) is 1.01. The normalized spacial score (nSPS) is 29.2. The van der Waals surface area contributed by atoms with Crippen LogP contribution in [0.15, 0.2) is 10.1 Å². The van der Waals surface area contributed by atoms with Crippen LogP contribution in [-0.4, -0.2) is 12.7 Å². The van der Waals surface area contributed by atoms with Crippen molar-refractivity contribution >= 4 is 12.7 Å². The molecule has 0 saturated carbocycles. The van der Waals surface area contributed by atoms with E-state index in [2.05, 4.69) is 17.1 Å². The summed E-state index contributed by atoms with van der Waals surface area (Å²) in [7, 11) is 3.51. The number of quaternary nitrogens is 1. The third-order valence-corrected chi connectivity index (χ3v) is 0.514. The maximum atomic E-state index is 3.69. The minimum absolute atomic E-state index is 0.731. The van der Waals surface area contributed by atoms with E-state index in [0.29, 0.717) is 0 Å². The molecule has 0 radical (unpaired) electrons. The molecule has 0 aromatic heterocycles. The van der Waals surface area contributed by atoms with Crippen LogP contribution in [0.3, 0.4) is 0 Å². The molecular formula is C3H5N3. The molecule has 1 rings (SSSR count). The second-order valence-corrected chi connectivity index (χ2v) is 1.01. The minimum atomic E-state index is 0.731. The first-order valence-corrected chi connectivity index (χ1v) is 1.64. The molecule has 1 N–H and O–H groups in total. The van der Waals surface area contributed by atoms with Crippen LogP contribution >= 0.6 is 0 Å². The van der Waals surface area contributed by atoms with E-state index in [9.17, 15) is 0 Å². The summed E-state index contributed by atoms with van der Waals surface area (Å²) in [5.74, 6) is 0. The molecular weight excluding hydrogens is 78.1 g/mol. The van der Waals surface area contributed by atoms with E-state index in [1.165, 1.54) is 6.34 Å². The molecule has 0 fully saturated rings. The average Bonchev–Trinajstić information content (AvgIpc) is 1.86. The van der Waals surface area contributed by atoms with E-state index in [1.807, 2.05) is 0 Å². The Labute approximate surface area is 36.0 Å². The number of aliphatic imine (C=N–C) groups is 1. The van der Waals surface area contributed by atoms with Crippen LogP contribution < -0.4 is 5.01 Å². The Balaban J connectivity index is 2.60. The average molecular weight is 83.1 g/mol. The highest BCUT2D eigenvalue weighted by Crippen LogP contribution is 1.55. The van der Waals surface area contributed by atoms with E-state index >= 15 is 0 Å². The molecule has 1 aliphatic heterocycles. The van der Waals surface area contributed by atoms with Crippen LogP contribution in [0.25, 0.3) is 0 Å². The van der Waals surface area contributed by atoms with Crippen LogP contribution in [-0.2, 0) is 0 Å². The maximum Gasteiger partial charge on any atom is 0.189 e. The zero-order chi connectivity index (χ0) is 4.41. The second kappa shape index (κ2) is 1.18. The topological polar surface area (TPSA) is 29.2 Å². The molecule has 3 heteroatoms. The number of hydrogen-bond acceptors (Lipinski definition) is 2. The maximum absolute atomic E-state index is 3.69. The summed E-state index contributed by atoms with van der Waals surface area (Å²) in [4.78, 5) is 3.65. The largest absolute Gasteiger partial charge is 0.295 e. The first-order valence-electron chi connectivity index (χ1n) is 1.64. The van der Waals surface area contributed by atoms with E-state index in [4.69, 9.17) is 0 Å². The number of nitrogens with one attached hydrogen (secondary N) is 1. The lowest BCUT2D eigenvalue weighted by atomic mass is 11.1. The summed E-state index contributed by atoms with van der Waals surface area (Å²) in [6.07, 6.45) is 3.09. The number of nitrogens with zero attached hydrogens (tertiary/aromatic N) is 2. The lowest BCUT2D eigenvalue weighted by Gasteiger charge is -1.94. The van der Waals surface area contributed by atoms with Crippen LogP contribution in [0.4, 0.5) is 0 Å². The predicted molar refractivity (Wildman–Crippen MR) is 23.3 cm³/mol. The van der Waals surface area contributed by atoms with Crippen molar-refractivity contribution in [2.75, 3.05) is 0 Å². The molecule has 0 aliphatic carbocycles. The molecule has 0 amide bonds. The number of rotatable bonds is 0. The zero-order valence-electron chi connectivity index (χ0n) is 3.26. The molecule has 0 saturated heterocycles. The van der Waals surface area contributed by atoms with Crippen LogP contribution in [0.1, 0.15) is 0 Å². The molecule has 3 nitrogen and oxygen atoms in total. The molecule has 0 aromatic rings. The van der Waals surface area contributed by atoms with Gasteiger partial charge in [-0.3, -0.25) is 5.01 Å². The molecule has 1 atom stereocenters. The summed E-state index contributed by atoms with van der Waals surface area (Å²) in [6.45, 7) is 0. The summed E-state index contributed by atoms with van der Waals surface area (Å²) >= 11 is 0. The van der Waals surface area contributed by atoms with Gasteiger partial charge in [-0.2, -0.15) is 4.99 Å². The molecule has 32 valence electrons. The third-order valence-electron chi connectivity index (χ3n) is 0.514. The van der Waals surface area contributed by atoms with Crippen LogP contribution in [0, 0.1) is 7.05 Å². The fourth-order valence-corrected chi connectivity index (χ4v) is 0.260. The van der Waals surface area contributed by atoms with Crippen molar-refractivity contribution in [3.8, 4) is 0 Å². The van der Waals surface area contributed by atoms with Crippen molar-refractivity contribution < 1.29 is 5.01 Å². The molecule has 0 bridgehead atoms. The number of hydrogen-bond donors (Lipinski definition) is 1. The van der Waals surface area contributed by atoms with Gasteiger partial charge in [0.1, 0.15) is 0 Å². The highest BCUT2D eigenvalue weighted by atomic mass is 15.5. The van der Waals surface area contributed by atoms with Gasteiger partial charge in [0.05, 0.1) is 0 Å². The van der Waals surface area contributed by atoms with Crippen LogP contribution in [0.2, 0.25) is 0 Å². The highest BCUT2D eigenvalue weighted by molar-refractivity contribution is 5.69. The first kappa shape index (κ1) is 3.49. The molecule has 0 spiro atoms. The standard InChI is InChI=1S/C3H5N3/c1-6-3-4-2-5-6/h2-3,6H,1H2. The van der Waals surface area contributed by atoms with Gasteiger partial charge in [-0.05, 0) is 0 Å². The van der Waals surface area contributed by atoms with Gasteiger partial charge >= 0.3 is 0 Å². The van der Waals surface area contributed by atoms with E-state index in [1.54, 1.807) is 6.34 Å².